The number of nitrogens with zero attached hydrogens (tertiary/aromatic N) is 3. The van der Waals surface area contributed by atoms with Crippen LogP contribution in [0.25, 0.3) is 5.65 Å². The summed E-state index contributed by atoms with van der Waals surface area (Å²) in [4.78, 5) is 4.13. The zero-order valence-corrected chi connectivity index (χ0v) is 15.5. The second kappa shape index (κ2) is 6.37. The predicted octanol–water partition coefficient (Wildman–Crippen LogP) is 2.45. The molecular weight excluding hydrogens is 382 g/mol. The maximum Gasteiger partial charge on any atom is 0.262 e. The highest BCUT2D eigenvalue weighted by Crippen LogP contribution is 2.37. The van der Waals surface area contributed by atoms with Gasteiger partial charge in [0.1, 0.15) is 5.65 Å². The Balaban J connectivity index is 1.74. The van der Waals surface area contributed by atoms with Gasteiger partial charge in [-0.05, 0) is 34.5 Å². The van der Waals surface area contributed by atoms with Crippen molar-refractivity contribution in [3.63, 3.8) is 0 Å². The number of thiophene rings is 1. The van der Waals surface area contributed by atoms with Gasteiger partial charge in [0.15, 0.2) is 10.2 Å². The number of aliphatic hydroxyl groups excluding tert-OH is 1. The van der Waals surface area contributed by atoms with E-state index in [-0.39, 0.29) is 35.2 Å². The van der Waals surface area contributed by atoms with E-state index in [2.05, 4.69) is 4.98 Å². The molecule has 132 valence electrons. The number of sulfonamides is 1. The monoisotopic (exact) mass is 397 g/mol. The van der Waals surface area contributed by atoms with E-state index in [1.54, 1.807) is 35.7 Å². The van der Waals surface area contributed by atoms with Crippen LogP contribution in [0.15, 0.2) is 46.2 Å². The van der Waals surface area contributed by atoms with Crippen molar-refractivity contribution in [3.8, 4) is 0 Å². The SMILES string of the molecule is O=S(=O)(c1c(Cl)nc2ccccn12)N1C[C@@H](CO)[C@@H](c2ccsc2)C1. The van der Waals surface area contributed by atoms with Crippen molar-refractivity contribution in [2.75, 3.05) is 19.7 Å². The molecule has 3 aromatic rings. The Morgan fingerprint density at radius 2 is 2.16 bits per heavy atom. The van der Waals surface area contributed by atoms with Gasteiger partial charge < -0.3 is 5.11 Å². The fraction of sp³-hybridized carbons (Fsp3) is 0.312. The molecular formula is C16H16ClN3O3S2. The van der Waals surface area contributed by atoms with E-state index in [4.69, 9.17) is 11.6 Å². The molecule has 0 unspecified atom stereocenters. The summed E-state index contributed by atoms with van der Waals surface area (Å²) in [5.41, 5.74) is 1.55. The molecule has 3 aromatic heterocycles. The molecule has 9 heteroatoms. The van der Waals surface area contributed by atoms with Crippen LogP contribution >= 0.6 is 22.9 Å². The molecule has 1 aliphatic rings. The molecule has 1 fully saturated rings. The third kappa shape index (κ3) is 2.78. The quantitative estimate of drug-likeness (QED) is 0.733. The van der Waals surface area contributed by atoms with Crippen LogP contribution < -0.4 is 0 Å². The minimum Gasteiger partial charge on any atom is -0.396 e. The molecule has 0 saturated carbocycles. The molecule has 1 aliphatic heterocycles. The summed E-state index contributed by atoms with van der Waals surface area (Å²) in [5.74, 6) is -0.161. The van der Waals surface area contributed by atoms with E-state index < -0.39 is 10.0 Å². The van der Waals surface area contributed by atoms with Crippen LogP contribution in [0.1, 0.15) is 11.5 Å². The number of fused-ring (bicyclic) bond motifs is 1. The molecule has 4 heterocycles. The van der Waals surface area contributed by atoms with Gasteiger partial charge in [-0.3, -0.25) is 4.40 Å². The average Bonchev–Trinajstić information content (AvgIpc) is 3.31. The van der Waals surface area contributed by atoms with Gasteiger partial charge in [0.2, 0.25) is 0 Å². The van der Waals surface area contributed by atoms with Crippen molar-refractivity contribution in [2.45, 2.75) is 10.9 Å². The number of aromatic nitrogens is 2. The molecule has 1 N–H and O–H groups in total. The van der Waals surface area contributed by atoms with Crippen molar-refractivity contribution in [3.05, 3.63) is 51.9 Å². The fourth-order valence-corrected chi connectivity index (χ4v) is 6.22. The Labute approximate surface area is 154 Å². The molecule has 1 saturated heterocycles. The van der Waals surface area contributed by atoms with E-state index in [9.17, 15) is 13.5 Å². The van der Waals surface area contributed by atoms with Crippen LogP contribution in [0.5, 0.6) is 0 Å². The fourth-order valence-electron chi connectivity index (χ4n) is 3.37. The topological polar surface area (TPSA) is 74.9 Å². The van der Waals surface area contributed by atoms with Gasteiger partial charge in [-0.15, -0.1) is 0 Å². The van der Waals surface area contributed by atoms with E-state index in [1.165, 1.54) is 8.71 Å². The molecule has 0 aliphatic carbocycles. The van der Waals surface area contributed by atoms with Gasteiger partial charge in [0.05, 0.1) is 0 Å². The van der Waals surface area contributed by atoms with Crippen LogP contribution in [0.3, 0.4) is 0 Å². The van der Waals surface area contributed by atoms with Crippen molar-refractivity contribution in [1.29, 1.82) is 0 Å². The minimum absolute atomic E-state index is 0.0209. The van der Waals surface area contributed by atoms with Crippen molar-refractivity contribution < 1.29 is 13.5 Å². The molecule has 0 bridgehead atoms. The van der Waals surface area contributed by atoms with E-state index >= 15 is 0 Å². The lowest BCUT2D eigenvalue weighted by molar-refractivity contribution is 0.223. The number of pyridine rings is 1. The van der Waals surface area contributed by atoms with Crippen LogP contribution in [0.4, 0.5) is 0 Å². The molecule has 0 amide bonds. The highest BCUT2D eigenvalue weighted by Gasteiger charge is 2.41. The van der Waals surface area contributed by atoms with Crippen LogP contribution in [0, 0.1) is 5.92 Å². The highest BCUT2D eigenvalue weighted by atomic mass is 35.5. The second-order valence-corrected chi connectivity index (χ2v) is 9.06. The summed E-state index contributed by atoms with van der Waals surface area (Å²) in [7, 11) is -3.83. The maximum atomic E-state index is 13.2. The largest absolute Gasteiger partial charge is 0.396 e. The van der Waals surface area contributed by atoms with Crippen molar-refractivity contribution in [2.24, 2.45) is 5.92 Å². The first-order chi connectivity index (χ1) is 12.0. The number of hydrogen-bond acceptors (Lipinski definition) is 5. The number of aliphatic hydroxyl groups is 1. The standard InChI is InChI=1S/C16H16ClN3O3S2/c17-15-16(20-5-2-1-3-14(20)18-15)25(22,23)19-7-12(9-21)13(8-19)11-4-6-24-10-11/h1-6,10,12-13,21H,7-9H2/t12-,13+/m0/s1. The first-order valence-corrected chi connectivity index (χ1v) is 10.5. The molecule has 0 radical (unpaired) electrons. The summed E-state index contributed by atoms with van der Waals surface area (Å²) in [6.45, 7) is 0.518. The smallest absolute Gasteiger partial charge is 0.262 e. The summed E-state index contributed by atoms with van der Waals surface area (Å²) < 4.78 is 29.3. The normalized spacial score (nSPS) is 22.0. The number of hydrogen-bond donors (Lipinski definition) is 1. The van der Waals surface area contributed by atoms with Gasteiger partial charge >= 0.3 is 0 Å². The third-order valence-corrected chi connectivity index (χ3v) is 7.58. The molecule has 6 nitrogen and oxygen atoms in total. The Bertz CT molecular complexity index is 1000. The Morgan fingerprint density at radius 1 is 1.32 bits per heavy atom. The van der Waals surface area contributed by atoms with Gasteiger partial charge in [0, 0.05) is 37.7 Å². The number of halogens is 1. The first kappa shape index (κ1) is 17.0. The summed E-state index contributed by atoms with van der Waals surface area (Å²) in [6, 6.07) is 7.20. The summed E-state index contributed by atoms with van der Waals surface area (Å²) >= 11 is 7.72. The number of imidazole rings is 1. The average molecular weight is 398 g/mol. The van der Waals surface area contributed by atoms with Gasteiger partial charge in [0.25, 0.3) is 10.0 Å². The van der Waals surface area contributed by atoms with Crippen LogP contribution in [-0.4, -0.2) is 46.9 Å². The summed E-state index contributed by atoms with van der Waals surface area (Å²) in [6.07, 6.45) is 1.64. The molecule has 0 aromatic carbocycles. The van der Waals surface area contributed by atoms with E-state index in [0.717, 1.165) is 5.56 Å². The van der Waals surface area contributed by atoms with Crippen LogP contribution in [-0.2, 0) is 10.0 Å². The lowest BCUT2D eigenvalue weighted by Gasteiger charge is -2.16. The highest BCUT2D eigenvalue weighted by molar-refractivity contribution is 7.89. The Morgan fingerprint density at radius 3 is 2.88 bits per heavy atom. The van der Waals surface area contributed by atoms with E-state index in [0.29, 0.717) is 12.2 Å². The zero-order chi connectivity index (χ0) is 17.6. The molecule has 25 heavy (non-hydrogen) atoms. The number of rotatable bonds is 4. The Hall–Kier alpha value is -1.45. The van der Waals surface area contributed by atoms with Gasteiger partial charge in [-0.25, -0.2) is 13.4 Å². The minimum atomic E-state index is -3.83. The van der Waals surface area contributed by atoms with Crippen molar-refractivity contribution >= 4 is 38.6 Å². The molecule has 0 spiro atoms. The maximum absolute atomic E-state index is 13.2. The third-order valence-electron chi connectivity index (χ3n) is 4.64. The van der Waals surface area contributed by atoms with Crippen molar-refractivity contribution in [1.82, 2.24) is 13.7 Å². The zero-order valence-electron chi connectivity index (χ0n) is 13.1. The van der Waals surface area contributed by atoms with E-state index in [1.807, 2.05) is 16.8 Å². The lowest BCUT2D eigenvalue weighted by Crippen LogP contribution is -2.30. The van der Waals surface area contributed by atoms with Gasteiger partial charge in [-0.1, -0.05) is 17.7 Å². The Kier molecular flexibility index (Phi) is 4.33. The van der Waals surface area contributed by atoms with Gasteiger partial charge in [-0.2, -0.15) is 15.6 Å². The first-order valence-electron chi connectivity index (χ1n) is 7.78. The molecule has 2 atom stereocenters. The predicted molar refractivity (Wildman–Crippen MR) is 96.6 cm³/mol. The lowest BCUT2D eigenvalue weighted by atomic mass is 9.92. The van der Waals surface area contributed by atoms with Crippen LogP contribution in [0.2, 0.25) is 5.15 Å². The summed E-state index contributed by atoms with van der Waals surface area (Å²) in [5, 5.41) is 13.6. The molecule has 4 rings (SSSR count). The second-order valence-electron chi connectivity index (χ2n) is 6.06.